The first-order valence-corrected chi connectivity index (χ1v) is 9.77. The van der Waals surface area contributed by atoms with Crippen LogP contribution in [0.15, 0.2) is 12.2 Å². The van der Waals surface area contributed by atoms with Crippen LogP contribution >= 0.6 is 0 Å². The van der Waals surface area contributed by atoms with Crippen molar-refractivity contribution in [2.45, 2.75) is 13.3 Å². The Morgan fingerprint density at radius 2 is 1.75 bits per heavy atom. The Kier molecular flexibility index (Phi) is 4.48. The number of nitrogens with one attached hydrogen (secondary N) is 2. The number of fused-ring (bicyclic) bond motifs is 5. The van der Waals surface area contributed by atoms with E-state index >= 15 is 0 Å². The van der Waals surface area contributed by atoms with Crippen LogP contribution in [-0.4, -0.2) is 56.4 Å². The van der Waals surface area contributed by atoms with Crippen LogP contribution in [0.1, 0.15) is 13.3 Å². The number of carbonyl (C=O) groups is 3. The topological polar surface area (TPSA) is 113 Å². The molecule has 1 heterocycles. The number of likely N-dealkylation sites (tertiary alicyclic amines) is 1. The highest BCUT2D eigenvalue weighted by atomic mass is 32.2. The minimum atomic E-state index is -3.30. The molecule has 0 radical (unpaired) electrons. The summed E-state index contributed by atoms with van der Waals surface area (Å²) in [4.78, 5) is 37.8. The Morgan fingerprint density at radius 3 is 2.29 bits per heavy atom. The third kappa shape index (κ3) is 2.98. The predicted molar refractivity (Wildman–Crippen MR) is 84.9 cm³/mol. The van der Waals surface area contributed by atoms with Gasteiger partial charge in [0.1, 0.15) is 6.54 Å². The van der Waals surface area contributed by atoms with E-state index in [2.05, 4.69) is 10.0 Å². The Morgan fingerprint density at radius 1 is 1.17 bits per heavy atom. The first-order valence-electron chi connectivity index (χ1n) is 8.11. The third-order valence-electron chi connectivity index (χ3n) is 5.01. The van der Waals surface area contributed by atoms with Gasteiger partial charge in [-0.1, -0.05) is 12.2 Å². The van der Waals surface area contributed by atoms with Gasteiger partial charge in [0.25, 0.3) is 0 Å². The largest absolute Gasteiger partial charge is 0.353 e. The van der Waals surface area contributed by atoms with Crippen molar-refractivity contribution in [2.24, 2.45) is 23.7 Å². The SMILES string of the molecule is CCS(=O)(=O)NCCNC(=O)CN1C(=O)[C@@H]2[C@@H](C1=O)[C@H]1C=C[C@H]2C1. The second-order valence-corrected chi connectivity index (χ2v) is 8.51. The molecule has 2 fully saturated rings. The van der Waals surface area contributed by atoms with Crippen molar-refractivity contribution in [3.63, 3.8) is 0 Å². The highest BCUT2D eigenvalue weighted by Crippen LogP contribution is 2.52. The van der Waals surface area contributed by atoms with E-state index in [0.29, 0.717) is 0 Å². The first-order chi connectivity index (χ1) is 11.3. The zero-order valence-corrected chi connectivity index (χ0v) is 14.2. The summed E-state index contributed by atoms with van der Waals surface area (Å²) in [6, 6.07) is 0. The summed E-state index contributed by atoms with van der Waals surface area (Å²) < 4.78 is 24.9. The van der Waals surface area contributed by atoms with Gasteiger partial charge in [0.15, 0.2) is 0 Å². The van der Waals surface area contributed by atoms with Crippen molar-refractivity contribution in [1.82, 2.24) is 14.9 Å². The van der Waals surface area contributed by atoms with Crippen LogP contribution in [0.4, 0.5) is 0 Å². The van der Waals surface area contributed by atoms with E-state index < -0.39 is 15.9 Å². The lowest BCUT2D eigenvalue weighted by molar-refractivity contribution is -0.144. The molecule has 2 N–H and O–H groups in total. The lowest BCUT2D eigenvalue weighted by Crippen LogP contribution is -2.43. The van der Waals surface area contributed by atoms with Gasteiger partial charge in [-0.05, 0) is 25.2 Å². The third-order valence-corrected chi connectivity index (χ3v) is 6.42. The molecule has 0 aromatic rings. The fraction of sp³-hybridized carbons (Fsp3) is 0.667. The smallest absolute Gasteiger partial charge is 0.240 e. The van der Waals surface area contributed by atoms with Gasteiger partial charge in [-0.2, -0.15) is 0 Å². The van der Waals surface area contributed by atoms with Crippen LogP contribution in [0.5, 0.6) is 0 Å². The van der Waals surface area contributed by atoms with Crippen LogP contribution in [-0.2, 0) is 24.4 Å². The van der Waals surface area contributed by atoms with E-state index in [0.717, 1.165) is 11.3 Å². The molecule has 9 heteroatoms. The molecule has 2 aliphatic carbocycles. The molecule has 4 atom stereocenters. The molecule has 0 unspecified atom stereocenters. The number of carbonyl (C=O) groups excluding carboxylic acids is 3. The molecule has 0 aromatic carbocycles. The fourth-order valence-corrected chi connectivity index (χ4v) is 4.45. The molecule has 0 spiro atoms. The highest BCUT2D eigenvalue weighted by Gasteiger charge is 2.59. The molecule has 0 aromatic heterocycles. The van der Waals surface area contributed by atoms with Crippen LogP contribution in [0.2, 0.25) is 0 Å². The molecule has 3 aliphatic rings. The molecule has 2 bridgehead atoms. The Bertz CT molecular complexity index is 672. The summed E-state index contributed by atoms with van der Waals surface area (Å²) in [5, 5.41) is 2.52. The number of nitrogens with zero attached hydrogens (tertiary/aromatic N) is 1. The number of sulfonamides is 1. The van der Waals surface area contributed by atoms with Crippen LogP contribution in [0.3, 0.4) is 0 Å². The number of hydrogen-bond donors (Lipinski definition) is 2. The minimum absolute atomic E-state index is 0.0309. The zero-order chi connectivity index (χ0) is 17.5. The van der Waals surface area contributed by atoms with Gasteiger partial charge >= 0.3 is 0 Å². The monoisotopic (exact) mass is 355 g/mol. The first kappa shape index (κ1) is 17.1. The van der Waals surface area contributed by atoms with Gasteiger partial charge in [-0.25, -0.2) is 13.1 Å². The van der Waals surface area contributed by atoms with Gasteiger partial charge in [-0.3, -0.25) is 19.3 Å². The van der Waals surface area contributed by atoms with Crippen LogP contribution in [0.25, 0.3) is 0 Å². The average Bonchev–Trinajstić information content (AvgIpc) is 3.21. The Hall–Kier alpha value is -1.74. The van der Waals surface area contributed by atoms with Gasteiger partial charge in [0.2, 0.25) is 27.7 Å². The molecule has 3 rings (SSSR count). The normalized spacial score (nSPS) is 31.0. The predicted octanol–water partition coefficient (Wildman–Crippen LogP) is -1.15. The molecule has 3 amide bonds. The number of imide groups is 1. The quantitative estimate of drug-likeness (QED) is 0.340. The van der Waals surface area contributed by atoms with E-state index in [1.807, 2.05) is 12.2 Å². The van der Waals surface area contributed by atoms with Crippen molar-refractivity contribution >= 4 is 27.7 Å². The van der Waals surface area contributed by atoms with E-state index in [1.54, 1.807) is 0 Å². The maximum atomic E-state index is 12.4. The summed E-state index contributed by atoms with van der Waals surface area (Å²) in [5.41, 5.74) is 0. The van der Waals surface area contributed by atoms with E-state index in [4.69, 9.17) is 0 Å². The van der Waals surface area contributed by atoms with Gasteiger partial charge in [0.05, 0.1) is 17.6 Å². The maximum absolute atomic E-state index is 12.4. The molecule has 1 aliphatic heterocycles. The van der Waals surface area contributed by atoms with Gasteiger partial charge in [-0.15, -0.1) is 0 Å². The van der Waals surface area contributed by atoms with E-state index in [-0.39, 0.29) is 60.9 Å². The summed E-state index contributed by atoms with van der Waals surface area (Å²) in [5.74, 6) is -1.40. The zero-order valence-electron chi connectivity index (χ0n) is 13.4. The summed E-state index contributed by atoms with van der Waals surface area (Å²) in [6.07, 6.45) is 4.85. The second kappa shape index (κ2) is 6.29. The van der Waals surface area contributed by atoms with Crippen molar-refractivity contribution in [3.8, 4) is 0 Å². The molecule has 1 saturated carbocycles. The molecule has 24 heavy (non-hydrogen) atoms. The van der Waals surface area contributed by atoms with Gasteiger partial charge in [0, 0.05) is 13.1 Å². The molecule has 132 valence electrons. The second-order valence-electron chi connectivity index (χ2n) is 6.41. The average molecular weight is 355 g/mol. The van der Waals surface area contributed by atoms with Crippen molar-refractivity contribution in [2.75, 3.05) is 25.4 Å². The van der Waals surface area contributed by atoms with E-state index in [1.165, 1.54) is 6.92 Å². The molecule has 1 saturated heterocycles. The molecular weight excluding hydrogens is 334 g/mol. The van der Waals surface area contributed by atoms with Crippen molar-refractivity contribution in [3.05, 3.63) is 12.2 Å². The van der Waals surface area contributed by atoms with E-state index in [9.17, 15) is 22.8 Å². The lowest BCUT2D eigenvalue weighted by Gasteiger charge is -2.16. The van der Waals surface area contributed by atoms with Crippen LogP contribution in [0, 0.1) is 23.7 Å². The molecule has 8 nitrogen and oxygen atoms in total. The van der Waals surface area contributed by atoms with Crippen molar-refractivity contribution < 1.29 is 22.8 Å². The van der Waals surface area contributed by atoms with Crippen LogP contribution < -0.4 is 10.0 Å². The standard InChI is InChI=1S/C15H21N3O5S/c1-2-24(22,23)17-6-5-16-11(19)8-18-14(20)12-9-3-4-10(7-9)13(12)15(18)21/h3-4,9-10,12-13,17H,2,5-8H2,1H3,(H,16,19)/t9-,10-,12-,13-/m0/s1. The Balaban J connectivity index is 1.49. The number of allylic oxidation sites excluding steroid dienone is 2. The minimum Gasteiger partial charge on any atom is -0.353 e. The molecular formula is C15H21N3O5S. The Labute approximate surface area is 140 Å². The van der Waals surface area contributed by atoms with Gasteiger partial charge < -0.3 is 5.32 Å². The summed E-state index contributed by atoms with van der Waals surface area (Å²) in [6.45, 7) is 1.39. The highest BCUT2D eigenvalue weighted by molar-refractivity contribution is 7.89. The number of hydrogen-bond acceptors (Lipinski definition) is 5. The number of rotatable bonds is 7. The summed E-state index contributed by atoms with van der Waals surface area (Å²) in [7, 11) is -3.30. The fourth-order valence-electron chi connectivity index (χ4n) is 3.83. The summed E-state index contributed by atoms with van der Waals surface area (Å²) >= 11 is 0. The lowest BCUT2D eigenvalue weighted by atomic mass is 9.85. The van der Waals surface area contributed by atoms with Crippen molar-refractivity contribution in [1.29, 1.82) is 0 Å². The number of amides is 3. The maximum Gasteiger partial charge on any atom is 0.240 e.